The van der Waals surface area contributed by atoms with E-state index in [9.17, 15) is 0 Å². The van der Waals surface area contributed by atoms with Gasteiger partial charge in [0.2, 0.25) is 0 Å². The number of hydrogen-bond donors (Lipinski definition) is 2. The summed E-state index contributed by atoms with van der Waals surface area (Å²) >= 11 is 5.96. The van der Waals surface area contributed by atoms with E-state index in [0.29, 0.717) is 16.4 Å². The smallest absolute Gasteiger partial charge is 0.0429 e. The third-order valence-corrected chi connectivity index (χ3v) is 3.67. The number of nitrogen functional groups attached to an aromatic ring is 1. The number of nitrogens with one attached hydrogen (secondary N) is 1. The molecule has 0 unspecified atom stereocenters. The molecular formula is C14H23ClN2. The van der Waals surface area contributed by atoms with Crippen molar-refractivity contribution in [2.24, 2.45) is 11.3 Å². The van der Waals surface area contributed by atoms with Gasteiger partial charge < -0.3 is 11.1 Å². The third-order valence-electron chi connectivity index (χ3n) is 3.45. The molecule has 1 rings (SSSR count). The highest BCUT2D eigenvalue weighted by Crippen LogP contribution is 2.25. The Morgan fingerprint density at radius 1 is 1.29 bits per heavy atom. The van der Waals surface area contributed by atoms with Crippen LogP contribution in [0, 0.1) is 11.3 Å². The summed E-state index contributed by atoms with van der Waals surface area (Å²) in [5, 5.41) is 4.16. The minimum absolute atomic E-state index is 0.296. The lowest BCUT2D eigenvalue weighted by Gasteiger charge is -2.29. The molecule has 0 saturated carbocycles. The van der Waals surface area contributed by atoms with Crippen LogP contribution in [0.1, 0.15) is 33.3 Å². The second kappa shape index (κ2) is 5.74. The maximum Gasteiger partial charge on any atom is 0.0429 e. The molecule has 3 heteroatoms. The van der Waals surface area contributed by atoms with Crippen LogP contribution in [-0.4, -0.2) is 6.54 Å². The van der Waals surface area contributed by atoms with Crippen molar-refractivity contribution < 1.29 is 0 Å². The summed E-state index contributed by atoms with van der Waals surface area (Å²) in [6.45, 7) is 10.8. The van der Waals surface area contributed by atoms with Crippen LogP contribution in [0.15, 0.2) is 18.2 Å². The van der Waals surface area contributed by atoms with Gasteiger partial charge in [-0.3, -0.25) is 0 Å². The lowest BCUT2D eigenvalue weighted by atomic mass is 9.81. The van der Waals surface area contributed by atoms with Crippen LogP contribution in [0.4, 0.5) is 5.69 Å². The SMILES string of the molecule is CC(C)C(C)(C)CNCc1cc(N)cc(Cl)c1. The Kier molecular flexibility index (Phi) is 4.84. The molecule has 17 heavy (non-hydrogen) atoms. The van der Waals surface area contributed by atoms with Crippen molar-refractivity contribution in [2.75, 3.05) is 12.3 Å². The largest absolute Gasteiger partial charge is 0.399 e. The fourth-order valence-corrected chi connectivity index (χ4v) is 1.78. The highest BCUT2D eigenvalue weighted by molar-refractivity contribution is 6.30. The molecule has 3 N–H and O–H groups in total. The Bertz CT molecular complexity index is 352. The lowest BCUT2D eigenvalue weighted by Crippen LogP contribution is -2.33. The van der Waals surface area contributed by atoms with Crippen LogP contribution < -0.4 is 11.1 Å². The Morgan fingerprint density at radius 2 is 1.94 bits per heavy atom. The average molecular weight is 255 g/mol. The van der Waals surface area contributed by atoms with Crippen molar-refractivity contribution in [3.8, 4) is 0 Å². The van der Waals surface area contributed by atoms with Crippen LogP contribution >= 0.6 is 11.6 Å². The van der Waals surface area contributed by atoms with Gasteiger partial charge in [-0.25, -0.2) is 0 Å². The number of benzene rings is 1. The van der Waals surface area contributed by atoms with E-state index in [0.717, 1.165) is 24.3 Å². The van der Waals surface area contributed by atoms with E-state index >= 15 is 0 Å². The first-order valence-corrected chi connectivity index (χ1v) is 6.45. The molecule has 0 radical (unpaired) electrons. The molecule has 1 aromatic rings. The fourth-order valence-electron chi connectivity index (χ4n) is 1.51. The van der Waals surface area contributed by atoms with Crippen molar-refractivity contribution in [3.63, 3.8) is 0 Å². The predicted octanol–water partition coefficient (Wildman–Crippen LogP) is 3.69. The van der Waals surface area contributed by atoms with Gasteiger partial charge in [-0.15, -0.1) is 0 Å². The zero-order valence-electron chi connectivity index (χ0n) is 11.2. The van der Waals surface area contributed by atoms with Crippen LogP contribution in [0.2, 0.25) is 5.02 Å². The molecule has 0 amide bonds. The molecule has 0 aliphatic heterocycles. The fraction of sp³-hybridized carbons (Fsp3) is 0.571. The maximum atomic E-state index is 5.96. The minimum Gasteiger partial charge on any atom is -0.399 e. The van der Waals surface area contributed by atoms with E-state index in [2.05, 4.69) is 33.0 Å². The second-order valence-corrected chi connectivity index (χ2v) is 6.08. The van der Waals surface area contributed by atoms with Gasteiger partial charge in [-0.1, -0.05) is 39.3 Å². The van der Waals surface area contributed by atoms with Crippen LogP contribution in [0.3, 0.4) is 0 Å². The highest BCUT2D eigenvalue weighted by atomic mass is 35.5. The van der Waals surface area contributed by atoms with Crippen molar-refractivity contribution in [2.45, 2.75) is 34.2 Å². The van der Waals surface area contributed by atoms with Gasteiger partial charge in [-0.2, -0.15) is 0 Å². The topological polar surface area (TPSA) is 38.0 Å². The van der Waals surface area contributed by atoms with E-state index in [-0.39, 0.29) is 0 Å². The molecule has 0 saturated heterocycles. The molecule has 1 aromatic carbocycles. The minimum atomic E-state index is 0.296. The first-order chi connectivity index (χ1) is 7.81. The van der Waals surface area contributed by atoms with Gasteiger partial charge in [0.25, 0.3) is 0 Å². The Morgan fingerprint density at radius 3 is 2.47 bits per heavy atom. The summed E-state index contributed by atoms with van der Waals surface area (Å²) in [7, 11) is 0. The summed E-state index contributed by atoms with van der Waals surface area (Å²) in [4.78, 5) is 0. The molecule has 2 nitrogen and oxygen atoms in total. The van der Waals surface area contributed by atoms with Crippen LogP contribution in [0.25, 0.3) is 0 Å². The lowest BCUT2D eigenvalue weighted by molar-refractivity contribution is 0.238. The van der Waals surface area contributed by atoms with E-state index < -0.39 is 0 Å². The molecule has 96 valence electrons. The Balaban J connectivity index is 2.51. The second-order valence-electron chi connectivity index (χ2n) is 5.64. The van der Waals surface area contributed by atoms with E-state index in [1.165, 1.54) is 0 Å². The molecule has 0 fully saturated rings. The monoisotopic (exact) mass is 254 g/mol. The van der Waals surface area contributed by atoms with Crippen LogP contribution in [-0.2, 0) is 6.54 Å². The van der Waals surface area contributed by atoms with Crippen molar-refractivity contribution in [1.82, 2.24) is 5.32 Å². The summed E-state index contributed by atoms with van der Waals surface area (Å²) in [5.41, 5.74) is 7.90. The van der Waals surface area contributed by atoms with E-state index in [1.54, 1.807) is 6.07 Å². The molecule has 0 heterocycles. The number of rotatable bonds is 5. The number of halogens is 1. The first-order valence-electron chi connectivity index (χ1n) is 6.07. The quantitative estimate of drug-likeness (QED) is 0.787. The van der Waals surface area contributed by atoms with Gasteiger partial charge in [-0.05, 0) is 35.1 Å². The van der Waals surface area contributed by atoms with Crippen molar-refractivity contribution in [1.29, 1.82) is 0 Å². The highest BCUT2D eigenvalue weighted by Gasteiger charge is 2.21. The third kappa shape index (κ3) is 4.57. The normalized spacial score (nSPS) is 12.1. The standard InChI is InChI=1S/C14H23ClN2/c1-10(2)14(3,4)9-17-8-11-5-12(15)7-13(16)6-11/h5-7,10,17H,8-9,16H2,1-4H3. The summed E-state index contributed by atoms with van der Waals surface area (Å²) in [6.07, 6.45) is 0. The molecule has 0 atom stereocenters. The number of anilines is 1. The molecule has 0 aromatic heterocycles. The average Bonchev–Trinajstić information content (AvgIpc) is 2.15. The van der Waals surface area contributed by atoms with Crippen molar-refractivity contribution in [3.05, 3.63) is 28.8 Å². The first kappa shape index (κ1) is 14.3. The van der Waals surface area contributed by atoms with E-state index in [1.807, 2.05) is 12.1 Å². The summed E-state index contributed by atoms with van der Waals surface area (Å²) in [5.74, 6) is 0.652. The zero-order chi connectivity index (χ0) is 13.1. The molecule has 0 aliphatic rings. The van der Waals surface area contributed by atoms with Gasteiger partial charge in [0.1, 0.15) is 0 Å². The summed E-state index contributed by atoms with van der Waals surface area (Å²) in [6, 6.07) is 5.68. The number of nitrogens with two attached hydrogens (primary N) is 1. The van der Waals surface area contributed by atoms with Gasteiger partial charge in [0, 0.05) is 23.8 Å². The number of hydrogen-bond acceptors (Lipinski definition) is 2. The molecule has 0 aliphatic carbocycles. The Labute approximate surface area is 110 Å². The molecule has 0 spiro atoms. The van der Waals surface area contributed by atoms with Gasteiger partial charge in [0.05, 0.1) is 0 Å². The van der Waals surface area contributed by atoms with Crippen molar-refractivity contribution >= 4 is 17.3 Å². The zero-order valence-corrected chi connectivity index (χ0v) is 11.9. The molecular weight excluding hydrogens is 232 g/mol. The van der Waals surface area contributed by atoms with Crippen LogP contribution in [0.5, 0.6) is 0 Å². The van der Waals surface area contributed by atoms with Gasteiger partial charge in [0.15, 0.2) is 0 Å². The maximum absolute atomic E-state index is 5.96. The Hall–Kier alpha value is -0.730. The van der Waals surface area contributed by atoms with E-state index in [4.69, 9.17) is 17.3 Å². The predicted molar refractivity (Wildman–Crippen MR) is 76.2 cm³/mol. The van der Waals surface area contributed by atoms with Gasteiger partial charge >= 0.3 is 0 Å². The molecule has 0 bridgehead atoms. The summed E-state index contributed by atoms with van der Waals surface area (Å²) < 4.78 is 0.